The van der Waals surface area contributed by atoms with Crippen molar-refractivity contribution in [2.75, 3.05) is 0 Å². The van der Waals surface area contributed by atoms with E-state index in [1.54, 1.807) is 0 Å². The van der Waals surface area contributed by atoms with Crippen LogP contribution in [-0.2, 0) is 4.79 Å². The molecular weight excluding hydrogens is 184 g/mol. The number of allylic oxidation sites excluding steroid dienone is 2. The van der Waals surface area contributed by atoms with Gasteiger partial charge in [0.15, 0.2) is 0 Å². The molecule has 0 rings (SSSR count). The second kappa shape index (κ2) is 11.5. The summed E-state index contributed by atoms with van der Waals surface area (Å²) in [5.41, 5.74) is 0. The van der Waals surface area contributed by atoms with Crippen molar-refractivity contribution in [3.8, 4) is 0 Å². The summed E-state index contributed by atoms with van der Waals surface area (Å²) in [5, 5.41) is 0. The number of carbonyl (C=O) groups excluding carboxylic acids is 1. The number of aldehydes is 1. The third kappa shape index (κ3) is 11.3. The summed E-state index contributed by atoms with van der Waals surface area (Å²) < 4.78 is 0. The van der Waals surface area contributed by atoms with Gasteiger partial charge in [-0.2, -0.15) is 0 Å². The molecule has 0 aliphatic carbocycles. The predicted molar refractivity (Wildman–Crippen MR) is 67.0 cm³/mol. The molecule has 0 saturated heterocycles. The molecule has 0 aliphatic heterocycles. The normalized spacial score (nSPS) is 13.2. The summed E-state index contributed by atoms with van der Waals surface area (Å²) >= 11 is 0. The number of hydrogen-bond donors (Lipinski definition) is 0. The molecule has 0 amide bonds. The van der Waals surface area contributed by atoms with Gasteiger partial charge < -0.3 is 4.79 Å². The van der Waals surface area contributed by atoms with Crippen molar-refractivity contribution in [1.29, 1.82) is 0 Å². The molecule has 1 atom stereocenters. The van der Waals surface area contributed by atoms with E-state index in [9.17, 15) is 4.79 Å². The van der Waals surface area contributed by atoms with Crippen LogP contribution in [-0.4, -0.2) is 6.29 Å². The van der Waals surface area contributed by atoms with Gasteiger partial charge in [-0.15, -0.1) is 0 Å². The van der Waals surface area contributed by atoms with Crippen LogP contribution in [0.5, 0.6) is 0 Å². The average molecular weight is 210 g/mol. The smallest absolute Gasteiger partial charge is 0.119 e. The van der Waals surface area contributed by atoms with Crippen LogP contribution in [0.1, 0.15) is 65.2 Å². The van der Waals surface area contributed by atoms with E-state index in [0.29, 0.717) is 0 Å². The third-order valence-electron chi connectivity index (χ3n) is 2.74. The van der Waals surface area contributed by atoms with Crippen LogP contribution in [0.3, 0.4) is 0 Å². The largest absolute Gasteiger partial charge is 0.303 e. The molecule has 88 valence electrons. The monoisotopic (exact) mass is 210 g/mol. The van der Waals surface area contributed by atoms with Crippen LogP contribution in [0.2, 0.25) is 0 Å². The van der Waals surface area contributed by atoms with Crippen LogP contribution in [0.4, 0.5) is 0 Å². The molecule has 0 aromatic heterocycles. The van der Waals surface area contributed by atoms with Gasteiger partial charge in [0.2, 0.25) is 0 Å². The average Bonchev–Trinajstić information content (AvgIpc) is 2.23. The third-order valence-corrected chi connectivity index (χ3v) is 2.74. The van der Waals surface area contributed by atoms with E-state index < -0.39 is 0 Å². The Morgan fingerprint density at radius 1 is 1.00 bits per heavy atom. The van der Waals surface area contributed by atoms with E-state index >= 15 is 0 Å². The fourth-order valence-corrected chi connectivity index (χ4v) is 1.73. The highest BCUT2D eigenvalue weighted by Gasteiger charge is 2.00. The molecule has 0 radical (unpaired) electrons. The summed E-state index contributed by atoms with van der Waals surface area (Å²) in [4.78, 5) is 10.1. The van der Waals surface area contributed by atoms with Gasteiger partial charge in [0.1, 0.15) is 6.29 Å². The van der Waals surface area contributed by atoms with Crippen molar-refractivity contribution in [3.05, 3.63) is 12.2 Å². The summed E-state index contributed by atoms with van der Waals surface area (Å²) in [6.07, 6.45) is 14.9. The van der Waals surface area contributed by atoms with E-state index in [1.165, 1.54) is 32.1 Å². The van der Waals surface area contributed by atoms with Crippen LogP contribution < -0.4 is 0 Å². The summed E-state index contributed by atoms with van der Waals surface area (Å²) in [5.74, 6) is 0.792. The standard InChI is InChI=1S/C14H26O/c1-3-4-5-6-7-8-11-14(2)12-9-10-13-15/h4-5,13-14H,3,6-12H2,1-2H3. The van der Waals surface area contributed by atoms with Gasteiger partial charge >= 0.3 is 0 Å². The lowest BCUT2D eigenvalue weighted by Crippen LogP contribution is -1.94. The second-order valence-corrected chi connectivity index (χ2v) is 4.37. The van der Waals surface area contributed by atoms with Gasteiger partial charge in [0, 0.05) is 6.42 Å². The number of carbonyl (C=O) groups is 1. The first-order valence-corrected chi connectivity index (χ1v) is 6.39. The molecule has 0 aromatic rings. The molecule has 0 aliphatic rings. The van der Waals surface area contributed by atoms with E-state index in [4.69, 9.17) is 0 Å². The molecule has 0 N–H and O–H groups in total. The first-order chi connectivity index (χ1) is 7.31. The van der Waals surface area contributed by atoms with Gasteiger partial charge in [0.05, 0.1) is 0 Å². The van der Waals surface area contributed by atoms with E-state index in [1.807, 2.05) is 0 Å². The Kier molecular flexibility index (Phi) is 11.0. The first kappa shape index (κ1) is 14.4. The highest BCUT2D eigenvalue weighted by Crippen LogP contribution is 2.15. The fraction of sp³-hybridized carbons (Fsp3) is 0.786. The minimum atomic E-state index is 0.740. The second-order valence-electron chi connectivity index (χ2n) is 4.37. The van der Waals surface area contributed by atoms with Crippen molar-refractivity contribution in [2.45, 2.75) is 65.2 Å². The van der Waals surface area contributed by atoms with Crippen LogP contribution >= 0.6 is 0 Å². The van der Waals surface area contributed by atoms with Gasteiger partial charge in [-0.05, 0) is 31.6 Å². The van der Waals surface area contributed by atoms with Gasteiger partial charge in [0.25, 0.3) is 0 Å². The minimum Gasteiger partial charge on any atom is -0.303 e. The molecule has 0 saturated carbocycles. The molecule has 0 bridgehead atoms. The SMILES string of the molecule is CCC=CCCCCC(C)CCCC=O. The number of rotatable bonds is 10. The van der Waals surface area contributed by atoms with Crippen molar-refractivity contribution in [2.24, 2.45) is 5.92 Å². The number of hydrogen-bond acceptors (Lipinski definition) is 1. The minimum absolute atomic E-state index is 0.740. The molecule has 0 spiro atoms. The van der Waals surface area contributed by atoms with Gasteiger partial charge in [-0.3, -0.25) is 0 Å². The maximum atomic E-state index is 10.1. The molecule has 1 heteroatoms. The quantitative estimate of drug-likeness (QED) is 0.294. The Morgan fingerprint density at radius 2 is 1.73 bits per heavy atom. The lowest BCUT2D eigenvalue weighted by atomic mass is 9.97. The lowest BCUT2D eigenvalue weighted by molar-refractivity contribution is -0.107. The summed E-state index contributed by atoms with van der Waals surface area (Å²) in [6.45, 7) is 4.47. The molecular formula is C14H26O. The Labute approximate surface area is 95.0 Å². The highest BCUT2D eigenvalue weighted by molar-refractivity contribution is 5.48. The van der Waals surface area contributed by atoms with Crippen molar-refractivity contribution < 1.29 is 4.79 Å². The maximum absolute atomic E-state index is 10.1. The van der Waals surface area contributed by atoms with Crippen molar-refractivity contribution >= 4 is 6.29 Å². The fourth-order valence-electron chi connectivity index (χ4n) is 1.73. The van der Waals surface area contributed by atoms with E-state index in [-0.39, 0.29) is 0 Å². The Hall–Kier alpha value is -0.590. The maximum Gasteiger partial charge on any atom is 0.119 e. The molecule has 0 aromatic carbocycles. The zero-order chi connectivity index (χ0) is 11.4. The van der Waals surface area contributed by atoms with Crippen LogP contribution in [0.15, 0.2) is 12.2 Å². The summed E-state index contributed by atoms with van der Waals surface area (Å²) in [7, 11) is 0. The summed E-state index contributed by atoms with van der Waals surface area (Å²) in [6, 6.07) is 0. The van der Waals surface area contributed by atoms with E-state index in [2.05, 4.69) is 26.0 Å². The lowest BCUT2D eigenvalue weighted by Gasteiger charge is -2.09. The highest BCUT2D eigenvalue weighted by atomic mass is 16.1. The molecule has 0 fully saturated rings. The van der Waals surface area contributed by atoms with Gasteiger partial charge in [-0.1, -0.05) is 45.3 Å². The Balaban J connectivity index is 3.19. The predicted octanol–water partition coefficient (Wildman–Crippen LogP) is 4.52. The molecule has 0 heterocycles. The van der Waals surface area contributed by atoms with Gasteiger partial charge in [-0.25, -0.2) is 0 Å². The molecule has 15 heavy (non-hydrogen) atoms. The Bertz CT molecular complexity index is 161. The van der Waals surface area contributed by atoms with Crippen molar-refractivity contribution in [3.63, 3.8) is 0 Å². The molecule has 1 unspecified atom stereocenters. The van der Waals surface area contributed by atoms with E-state index in [0.717, 1.165) is 31.5 Å². The topological polar surface area (TPSA) is 17.1 Å². The first-order valence-electron chi connectivity index (χ1n) is 6.39. The zero-order valence-corrected chi connectivity index (χ0v) is 10.4. The van der Waals surface area contributed by atoms with Crippen LogP contribution in [0, 0.1) is 5.92 Å². The zero-order valence-electron chi connectivity index (χ0n) is 10.4. The van der Waals surface area contributed by atoms with Crippen molar-refractivity contribution in [1.82, 2.24) is 0 Å². The molecule has 1 nitrogen and oxygen atoms in total. The number of unbranched alkanes of at least 4 members (excludes halogenated alkanes) is 3. The van der Waals surface area contributed by atoms with Crippen LogP contribution in [0.25, 0.3) is 0 Å². The Morgan fingerprint density at radius 3 is 2.40 bits per heavy atom.